The molecule has 1 saturated carbocycles. The lowest BCUT2D eigenvalue weighted by Crippen LogP contribution is -2.24. The second-order valence-electron chi connectivity index (χ2n) is 4.45. The molecule has 0 heterocycles. The fourth-order valence-electron chi connectivity index (χ4n) is 1.68. The van der Waals surface area contributed by atoms with Crippen LogP contribution >= 0.6 is 23.2 Å². The molecular weight excluding hydrogens is 248 g/mol. The van der Waals surface area contributed by atoms with Gasteiger partial charge in [-0.05, 0) is 29.9 Å². The molecule has 0 spiro atoms. The molecule has 1 aliphatic carbocycles. The molecule has 0 aromatic heterocycles. The van der Waals surface area contributed by atoms with Gasteiger partial charge in [-0.15, -0.1) is 11.6 Å². The minimum atomic E-state index is -0.362. The zero-order valence-electron chi connectivity index (χ0n) is 8.90. The van der Waals surface area contributed by atoms with Crippen molar-refractivity contribution >= 4 is 23.2 Å². The van der Waals surface area contributed by atoms with Crippen molar-refractivity contribution in [2.24, 2.45) is 5.41 Å². The third-order valence-electron chi connectivity index (χ3n) is 3.09. The SMILES string of the molecule is Fc1cccc(CNCC2(CCl)CC2)c1Cl. The van der Waals surface area contributed by atoms with Crippen LogP contribution in [-0.4, -0.2) is 12.4 Å². The molecule has 1 N–H and O–H groups in total. The van der Waals surface area contributed by atoms with E-state index in [1.807, 2.05) is 6.07 Å². The first-order valence-corrected chi connectivity index (χ1v) is 6.28. The van der Waals surface area contributed by atoms with Crippen molar-refractivity contribution in [1.29, 1.82) is 0 Å². The molecule has 0 saturated heterocycles. The van der Waals surface area contributed by atoms with Gasteiger partial charge < -0.3 is 5.32 Å². The molecule has 2 rings (SSSR count). The predicted octanol–water partition coefficient (Wildman–Crippen LogP) is 3.59. The van der Waals surface area contributed by atoms with Crippen LogP contribution in [0.3, 0.4) is 0 Å². The average Bonchev–Trinajstić information content (AvgIpc) is 3.05. The van der Waals surface area contributed by atoms with Crippen molar-refractivity contribution in [2.75, 3.05) is 12.4 Å². The number of alkyl halides is 1. The lowest BCUT2D eigenvalue weighted by molar-refractivity contribution is 0.504. The summed E-state index contributed by atoms with van der Waals surface area (Å²) < 4.78 is 13.1. The van der Waals surface area contributed by atoms with Gasteiger partial charge in [-0.2, -0.15) is 0 Å². The zero-order valence-corrected chi connectivity index (χ0v) is 10.4. The molecule has 0 amide bonds. The van der Waals surface area contributed by atoms with Gasteiger partial charge >= 0.3 is 0 Å². The highest BCUT2D eigenvalue weighted by Crippen LogP contribution is 2.45. The van der Waals surface area contributed by atoms with E-state index in [4.69, 9.17) is 23.2 Å². The molecule has 0 radical (unpaired) electrons. The van der Waals surface area contributed by atoms with Gasteiger partial charge in [-0.25, -0.2) is 4.39 Å². The van der Waals surface area contributed by atoms with Crippen LogP contribution < -0.4 is 5.32 Å². The van der Waals surface area contributed by atoms with Crippen LogP contribution in [0.5, 0.6) is 0 Å². The molecule has 1 nitrogen and oxygen atoms in total. The van der Waals surface area contributed by atoms with E-state index in [9.17, 15) is 4.39 Å². The molecule has 1 aromatic rings. The van der Waals surface area contributed by atoms with Crippen LogP contribution in [0.25, 0.3) is 0 Å². The number of rotatable bonds is 5. The maximum Gasteiger partial charge on any atom is 0.142 e. The molecule has 1 fully saturated rings. The maximum absolute atomic E-state index is 13.1. The zero-order chi connectivity index (χ0) is 11.6. The first-order chi connectivity index (χ1) is 7.67. The third-order valence-corrected chi connectivity index (χ3v) is 4.08. The summed E-state index contributed by atoms with van der Waals surface area (Å²) in [6, 6.07) is 4.87. The van der Waals surface area contributed by atoms with Crippen LogP contribution in [0.15, 0.2) is 18.2 Å². The van der Waals surface area contributed by atoms with Crippen LogP contribution in [0.2, 0.25) is 5.02 Å². The first-order valence-electron chi connectivity index (χ1n) is 5.36. The Bertz CT molecular complexity index is 377. The van der Waals surface area contributed by atoms with Gasteiger partial charge in [0.1, 0.15) is 5.82 Å². The largest absolute Gasteiger partial charge is 0.312 e. The molecule has 0 aliphatic heterocycles. The Morgan fingerprint density at radius 2 is 2.12 bits per heavy atom. The van der Waals surface area contributed by atoms with Crippen LogP contribution in [0.4, 0.5) is 4.39 Å². The molecule has 88 valence electrons. The van der Waals surface area contributed by atoms with Crippen molar-refractivity contribution in [1.82, 2.24) is 5.32 Å². The Balaban J connectivity index is 1.88. The first kappa shape index (κ1) is 12.2. The molecule has 0 unspecified atom stereocenters. The monoisotopic (exact) mass is 261 g/mol. The molecule has 1 aliphatic rings. The molecule has 16 heavy (non-hydrogen) atoms. The summed E-state index contributed by atoms with van der Waals surface area (Å²) in [5, 5.41) is 3.50. The van der Waals surface area contributed by atoms with E-state index in [1.165, 1.54) is 18.9 Å². The summed E-state index contributed by atoms with van der Waals surface area (Å²) >= 11 is 11.7. The van der Waals surface area contributed by atoms with Gasteiger partial charge in [0, 0.05) is 19.0 Å². The normalized spacial score (nSPS) is 17.4. The van der Waals surface area contributed by atoms with Crippen LogP contribution in [-0.2, 0) is 6.54 Å². The highest BCUT2D eigenvalue weighted by Gasteiger charge is 2.41. The summed E-state index contributed by atoms with van der Waals surface area (Å²) in [6.07, 6.45) is 2.36. The smallest absolute Gasteiger partial charge is 0.142 e. The van der Waals surface area contributed by atoms with Crippen molar-refractivity contribution < 1.29 is 4.39 Å². The Kier molecular flexibility index (Phi) is 3.73. The Hall–Kier alpha value is -0.310. The van der Waals surface area contributed by atoms with Gasteiger partial charge in [0.15, 0.2) is 0 Å². The third kappa shape index (κ3) is 2.68. The second kappa shape index (κ2) is 4.91. The van der Waals surface area contributed by atoms with Crippen molar-refractivity contribution in [3.05, 3.63) is 34.6 Å². The van der Waals surface area contributed by atoms with E-state index in [-0.39, 0.29) is 16.3 Å². The Morgan fingerprint density at radius 1 is 1.38 bits per heavy atom. The van der Waals surface area contributed by atoms with E-state index in [0.29, 0.717) is 12.4 Å². The van der Waals surface area contributed by atoms with Gasteiger partial charge in [0.25, 0.3) is 0 Å². The average molecular weight is 262 g/mol. The molecular formula is C12H14Cl2FN. The highest BCUT2D eigenvalue weighted by atomic mass is 35.5. The minimum absolute atomic E-state index is 0.214. The second-order valence-corrected chi connectivity index (χ2v) is 5.10. The fourth-order valence-corrected chi connectivity index (χ4v) is 2.24. The lowest BCUT2D eigenvalue weighted by Gasteiger charge is -2.13. The molecule has 0 atom stereocenters. The van der Waals surface area contributed by atoms with Gasteiger partial charge in [-0.3, -0.25) is 0 Å². The number of hydrogen-bond donors (Lipinski definition) is 1. The van der Waals surface area contributed by atoms with Crippen molar-refractivity contribution in [3.63, 3.8) is 0 Å². The van der Waals surface area contributed by atoms with Crippen LogP contribution in [0, 0.1) is 11.2 Å². The molecule has 1 aromatic carbocycles. The predicted molar refractivity (Wildman–Crippen MR) is 65.5 cm³/mol. The lowest BCUT2D eigenvalue weighted by atomic mass is 10.1. The van der Waals surface area contributed by atoms with E-state index in [1.54, 1.807) is 6.07 Å². The van der Waals surface area contributed by atoms with Crippen molar-refractivity contribution in [2.45, 2.75) is 19.4 Å². The van der Waals surface area contributed by atoms with Gasteiger partial charge in [0.2, 0.25) is 0 Å². The fraction of sp³-hybridized carbons (Fsp3) is 0.500. The summed E-state index contributed by atoms with van der Waals surface area (Å²) in [7, 11) is 0. The number of benzene rings is 1. The Morgan fingerprint density at radius 3 is 2.75 bits per heavy atom. The highest BCUT2D eigenvalue weighted by molar-refractivity contribution is 6.31. The minimum Gasteiger partial charge on any atom is -0.312 e. The summed E-state index contributed by atoms with van der Waals surface area (Å²) in [5.74, 6) is 0.330. The van der Waals surface area contributed by atoms with E-state index < -0.39 is 0 Å². The van der Waals surface area contributed by atoms with Crippen LogP contribution in [0.1, 0.15) is 18.4 Å². The quantitative estimate of drug-likeness (QED) is 0.799. The standard InChI is InChI=1S/C12H14Cl2FN/c13-7-12(4-5-12)8-16-6-9-2-1-3-10(15)11(9)14/h1-3,16H,4-8H2. The van der Waals surface area contributed by atoms with E-state index >= 15 is 0 Å². The molecule has 0 bridgehead atoms. The summed E-state index contributed by atoms with van der Waals surface area (Å²) in [6.45, 7) is 1.47. The van der Waals surface area contributed by atoms with E-state index in [2.05, 4.69) is 5.32 Å². The summed E-state index contributed by atoms with van der Waals surface area (Å²) in [5.41, 5.74) is 1.08. The topological polar surface area (TPSA) is 12.0 Å². The molecule has 4 heteroatoms. The summed E-state index contributed by atoms with van der Waals surface area (Å²) in [4.78, 5) is 0. The van der Waals surface area contributed by atoms with Gasteiger partial charge in [-0.1, -0.05) is 23.7 Å². The number of nitrogens with one attached hydrogen (secondary N) is 1. The maximum atomic E-state index is 13.1. The van der Waals surface area contributed by atoms with E-state index in [0.717, 1.165) is 12.1 Å². The number of halogens is 3. The number of hydrogen-bond acceptors (Lipinski definition) is 1. The Labute approximate surface area is 105 Å². The van der Waals surface area contributed by atoms with Crippen molar-refractivity contribution in [3.8, 4) is 0 Å². The van der Waals surface area contributed by atoms with Gasteiger partial charge in [0.05, 0.1) is 5.02 Å².